The molecule has 0 saturated carbocycles. The zero-order valence-electron chi connectivity index (χ0n) is 13.5. The van der Waals surface area contributed by atoms with Gasteiger partial charge in [0.15, 0.2) is 0 Å². The summed E-state index contributed by atoms with van der Waals surface area (Å²) < 4.78 is 16.5. The van der Waals surface area contributed by atoms with Crippen molar-refractivity contribution in [3.05, 3.63) is 84.3 Å². The molecule has 0 saturated heterocycles. The number of allylic oxidation sites excluding steroid dienone is 1. The Bertz CT molecular complexity index is 836. The van der Waals surface area contributed by atoms with E-state index in [1.807, 2.05) is 54.6 Å². The molecule has 0 spiro atoms. The Morgan fingerprint density at radius 1 is 0.960 bits per heavy atom. The number of benzene rings is 2. The van der Waals surface area contributed by atoms with Gasteiger partial charge in [-0.1, -0.05) is 0 Å². The van der Waals surface area contributed by atoms with E-state index < -0.39 is 0 Å². The van der Waals surface area contributed by atoms with Gasteiger partial charge in [0.2, 0.25) is 0 Å². The lowest BCUT2D eigenvalue weighted by Gasteiger charge is -2.09. The van der Waals surface area contributed by atoms with Crippen LogP contribution in [0.4, 0.5) is 0 Å². The van der Waals surface area contributed by atoms with Gasteiger partial charge in [0.1, 0.15) is 23.9 Å². The predicted molar refractivity (Wildman–Crippen MR) is 96.9 cm³/mol. The highest BCUT2D eigenvalue weighted by atomic mass is 16.5. The van der Waals surface area contributed by atoms with Gasteiger partial charge in [-0.2, -0.15) is 0 Å². The van der Waals surface area contributed by atoms with Crippen molar-refractivity contribution in [2.24, 2.45) is 5.73 Å². The lowest BCUT2D eigenvalue weighted by atomic mass is 10.1. The summed E-state index contributed by atoms with van der Waals surface area (Å²) in [6, 6.07) is 16.7. The first-order valence-corrected chi connectivity index (χ1v) is 7.73. The first-order chi connectivity index (χ1) is 12.2. The highest BCUT2D eigenvalue weighted by Crippen LogP contribution is 2.25. The van der Waals surface area contributed by atoms with Crippen molar-refractivity contribution in [1.82, 2.24) is 0 Å². The minimum atomic E-state index is 0.461. The van der Waals surface area contributed by atoms with Crippen molar-refractivity contribution in [1.29, 1.82) is 5.41 Å². The summed E-state index contributed by atoms with van der Waals surface area (Å²) in [4.78, 5) is 0. The predicted octanol–water partition coefficient (Wildman–Crippen LogP) is 4.60. The molecule has 0 amide bonds. The van der Waals surface area contributed by atoms with Crippen molar-refractivity contribution in [3.63, 3.8) is 0 Å². The van der Waals surface area contributed by atoms with Gasteiger partial charge < -0.3 is 25.0 Å². The van der Waals surface area contributed by atoms with Gasteiger partial charge in [0.25, 0.3) is 0 Å². The zero-order valence-corrected chi connectivity index (χ0v) is 13.5. The molecule has 0 aliphatic carbocycles. The van der Waals surface area contributed by atoms with Crippen LogP contribution in [0.2, 0.25) is 0 Å². The van der Waals surface area contributed by atoms with E-state index in [9.17, 15) is 0 Å². The molecule has 0 aliphatic heterocycles. The van der Waals surface area contributed by atoms with Crippen LogP contribution in [0.1, 0.15) is 11.1 Å². The third kappa shape index (κ3) is 4.51. The average Bonchev–Trinajstić information content (AvgIpc) is 3.15. The van der Waals surface area contributed by atoms with Crippen LogP contribution in [0, 0.1) is 5.41 Å². The standard InChI is InChI=1S/C20H18N2O3/c21-11-9-20(22)16-1-3-18(4-2-16)25-19-7-5-17(6-8-19)24-14-15-10-12-23-13-15/h1-13,21H,14,22H2/b20-9-,21-11?. The second-order valence-electron chi connectivity index (χ2n) is 5.31. The van der Waals surface area contributed by atoms with E-state index in [4.69, 9.17) is 25.0 Å². The fourth-order valence-corrected chi connectivity index (χ4v) is 2.18. The molecule has 3 rings (SSSR count). The van der Waals surface area contributed by atoms with Crippen LogP contribution in [-0.2, 0) is 6.61 Å². The largest absolute Gasteiger partial charge is 0.489 e. The molecule has 5 heteroatoms. The van der Waals surface area contributed by atoms with Crippen molar-refractivity contribution in [2.45, 2.75) is 6.61 Å². The third-order valence-corrected chi connectivity index (χ3v) is 3.50. The van der Waals surface area contributed by atoms with Crippen LogP contribution in [0.3, 0.4) is 0 Å². The van der Waals surface area contributed by atoms with E-state index in [0.29, 0.717) is 23.8 Å². The second-order valence-corrected chi connectivity index (χ2v) is 5.31. The maximum atomic E-state index is 7.04. The van der Waals surface area contributed by atoms with Crippen LogP contribution in [-0.4, -0.2) is 6.21 Å². The Labute approximate surface area is 145 Å². The van der Waals surface area contributed by atoms with Gasteiger partial charge in [-0.3, -0.25) is 0 Å². The first-order valence-electron chi connectivity index (χ1n) is 7.73. The molecule has 0 radical (unpaired) electrons. The maximum absolute atomic E-state index is 7.04. The number of hydrogen-bond acceptors (Lipinski definition) is 5. The average molecular weight is 334 g/mol. The molecule has 0 unspecified atom stereocenters. The van der Waals surface area contributed by atoms with E-state index in [1.54, 1.807) is 12.5 Å². The highest BCUT2D eigenvalue weighted by Gasteiger charge is 2.02. The molecule has 0 atom stereocenters. The van der Waals surface area contributed by atoms with Crippen molar-refractivity contribution in [2.75, 3.05) is 0 Å². The number of nitrogens with one attached hydrogen (secondary N) is 1. The van der Waals surface area contributed by atoms with Gasteiger partial charge in [0.05, 0.1) is 12.5 Å². The highest BCUT2D eigenvalue weighted by molar-refractivity contribution is 5.81. The Morgan fingerprint density at radius 2 is 1.60 bits per heavy atom. The van der Waals surface area contributed by atoms with Crippen LogP contribution in [0.15, 0.2) is 77.6 Å². The SMILES string of the molecule is N=C/C=C(\N)c1ccc(Oc2ccc(OCc3ccoc3)cc2)cc1. The molecule has 2 aromatic carbocycles. The lowest BCUT2D eigenvalue weighted by molar-refractivity contribution is 0.304. The molecule has 1 aromatic heterocycles. The van der Waals surface area contributed by atoms with E-state index in [-0.39, 0.29) is 0 Å². The molecule has 5 nitrogen and oxygen atoms in total. The summed E-state index contributed by atoms with van der Waals surface area (Å²) in [5.41, 5.74) is 8.21. The molecule has 0 aliphatic rings. The van der Waals surface area contributed by atoms with Gasteiger partial charge in [-0.25, -0.2) is 0 Å². The fraction of sp³-hybridized carbons (Fsp3) is 0.0500. The second kappa shape index (κ2) is 7.88. The summed E-state index contributed by atoms with van der Waals surface area (Å²) in [6.45, 7) is 0.461. The monoisotopic (exact) mass is 334 g/mol. The summed E-state index contributed by atoms with van der Waals surface area (Å²) in [7, 11) is 0. The maximum Gasteiger partial charge on any atom is 0.127 e. The first kappa shape index (κ1) is 16.4. The number of hydrogen-bond donors (Lipinski definition) is 2. The third-order valence-electron chi connectivity index (χ3n) is 3.50. The van der Waals surface area contributed by atoms with Crippen LogP contribution >= 0.6 is 0 Å². The molecule has 126 valence electrons. The molecule has 3 N–H and O–H groups in total. The van der Waals surface area contributed by atoms with Gasteiger partial charge in [-0.05, 0) is 66.2 Å². The normalized spacial score (nSPS) is 11.1. The quantitative estimate of drug-likeness (QED) is 0.619. The molecule has 3 aromatic rings. The smallest absolute Gasteiger partial charge is 0.127 e. The number of ether oxygens (including phenoxy) is 2. The van der Waals surface area contributed by atoms with Crippen molar-refractivity contribution >= 4 is 11.9 Å². The van der Waals surface area contributed by atoms with Gasteiger partial charge in [-0.15, -0.1) is 0 Å². The summed E-state index contributed by atoms with van der Waals surface area (Å²) in [5, 5.41) is 7.04. The van der Waals surface area contributed by atoms with Crippen molar-refractivity contribution in [3.8, 4) is 17.2 Å². The Morgan fingerprint density at radius 3 is 2.20 bits per heavy atom. The molecule has 0 bridgehead atoms. The van der Waals surface area contributed by atoms with Crippen LogP contribution < -0.4 is 15.2 Å². The lowest BCUT2D eigenvalue weighted by Crippen LogP contribution is -1.96. The summed E-state index contributed by atoms with van der Waals surface area (Å²) in [6.07, 6.45) is 5.98. The molecule has 25 heavy (non-hydrogen) atoms. The van der Waals surface area contributed by atoms with E-state index >= 15 is 0 Å². The Hall–Kier alpha value is -3.47. The fourth-order valence-electron chi connectivity index (χ4n) is 2.18. The molecular formula is C20H18N2O3. The molecule has 1 heterocycles. The minimum absolute atomic E-state index is 0.461. The van der Waals surface area contributed by atoms with Crippen molar-refractivity contribution < 1.29 is 13.9 Å². The van der Waals surface area contributed by atoms with E-state index in [2.05, 4.69) is 0 Å². The Balaban J connectivity index is 1.59. The Kier molecular flexibility index (Phi) is 5.16. The number of rotatable bonds is 7. The van der Waals surface area contributed by atoms with E-state index in [1.165, 1.54) is 6.08 Å². The van der Waals surface area contributed by atoms with E-state index in [0.717, 1.165) is 23.1 Å². The molecule has 0 fully saturated rings. The summed E-state index contributed by atoms with van der Waals surface area (Å²) >= 11 is 0. The molecular weight excluding hydrogens is 316 g/mol. The van der Waals surface area contributed by atoms with Crippen LogP contribution in [0.5, 0.6) is 17.2 Å². The summed E-state index contributed by atoms with van der Waals surface area (Å²) in [5.74, 6) is 2.18. The van der Waals surface area contributed by atoms with Gasteiger partial charge >= 0.3 is 0 Å². The zero-order chi connectivity index (χ0) is 17.5. The number of nitrogens with two attached hydrogens (primary N) is 1. The van der Waals surface area contributed by atoms with Crippen LogP contribution in [0.25, 0.3) is 5.70 Å². The topological polar surface area (TPSA) is 81.5 Å². The van der Waals surface area contributed by atoms with Gasteiger partial charge in [0, 0.05) is 17.5 Å². The number of furan rings is 1. The minimum Gasteiger partial charge on any atom is -0.489 e.